The van der Waals surface area contributed by atoms with Crippen molar-refractivity contribution < 1.29 is 14.8 Å². The van der Waals surface area contributed by atoms with Crippen LogP contribution < -0.4 is 4.73 Å². The number of nitrogens with zero attached hydrogens (tertiary/aromatic N) is 3. The van der Waals surface area contributed by atoms with E-state index in [1.54, 1.807) is 36.4 Å². The maximum absolute atomic E-state index is 10.5. The summed E-state index contributed by atoms with van der Waals surface area (Å²) in [4.78, 5) is 10.0. The highest BCUT2D eigenvalue weighted by Crippen LogP contribution is 2.23. The van der Waals surface area contributed by atoms with E-state index in [0.717, 1.165) is 11.1 Å². The Labute approximate surface area is 143 Å². The van der Waals surface area contributed by atoms with E-state index in [2.05, 4.69) is 0 Å². The van der Waals surface area contributed by atoms with Gasteiger partial charge in [0.15, 0.2) is 12.4 Å². The number of nitro groups is 1. The molecule has 0 bridgehead atoms. The lowest BCUT2D eigenvalue weighted by atomic mass is 10.1. The van der Waals surface area contributed by atoms with E-state index >= 15 is 0 Å². The van der Waals surface area contributed by atoms with Crippen LogP contribution in [0.15, 0.2) is 73.1 Å². The van der Waals surface area contributed by atoms with Gasteiger partial charge in [-0.1, -0.05) is 12.1 Å². The van der Waals surface area contributed by atoms with Crippen molar-refractivity contribution in [2.24, 2.45) is 0 Å². The zero-order chi connectivity index (χ0) is 18.2. The molecule has 1 aromatic heterocycles. The normalized spacial score (nSPS) is 9.40. The van der Waals surface area contributed by atoms with E-state index in [0.29, 0.717) is 10.3 Å². The van der Waals surface area contributed by atoms with Gasteiger partial charge in [0.05, 0.1) is 16.6 Å². The molecule has 0 unspecified atom stereocenters. The average molecular weight is 335 g/mol. The van der Waals surface area contributed by atoms with Gasteiger partial charge in [-0.2, -0.15) is 9.99 Å². The summed E-state index contributed by atoms with van der Waals surface area (Å²) in [5, 5.41) is 38.2. The van der Waals surface area contributed by atoms with Crippen LogP contribution in [0.25, 0.3) is 11.1 Å². The lowest BCUT2D eigenvalue weighted by Crippen LogP contribution is -2.23. The summed E-state index contributed by atoms with van der Waals surface area (Å²) in [6.07, 6.45) is 2.58. The number of benzene rings is 2. The summed E-state index contributed by atoms with van der Waals surface area (Å²) < 4.78 is 0.640. The molecule has 0 saturated heterocycles. The third-order valence-corrected chi connectivity index (χ3v) is 3.21. The van der Waals surface area contributed by atoms with Crippen molar-refractivity contribution in [1.29, 1.82) is 5.26 Å². The number of phenolic OH excluding ortho intramolecular Hbond substituents is 1. The molecule has 7 nitrogen and oxygen atoms in total. The molecule has 124 valence electrons. The van der Waals surface area contributed by atoms with Crippen LogP contribution in [0.2, 0.25) is 0 Å². The van der Waals surface area contributed by atoms with E-state index in [1.165, 1.54) is 36.7 Å². The van der Waals surface area contributed by atoms with Gasteiger partial charge in [-0.3, -0.25) is 10.1 Å². The molecule has 0 fully saturated rings. The minimum Gasteiger partial charge on any atom is -0.619 e. The second-order valence-electron chi connectivity index (χ2n) is 4.91. The number of pyridine rings is 1. The predicted molar refractivity (Wildman–Crippen MR) is 90.3 cm³/mol. The molecule has 3 rings (SSSR count). The molecular weight excluding hydrogens is 322 g/mol. The first kappa shape index (κ1) is 17.4. The molecule has 0 saturated carbocycles. The van der Waals surface area contributed by atoms with Crippen LogP contribution in [0, 0.1) is 26.7 Å². The van der Waals surface area contributed by atoms with E-state index in [4.69, 9.17) is 10.4 Å². The number of nitro benzene ring substituents is 1. The zero-order valence-electron chi connectivity index (χ0n) is 12.9. The fraction of sp³-hybridized carbons (Fsp3) is 0. The van der Waals surface area contributed by atoms with Crippen molar-refractivity contribution in [3.8, 4) is 22.9 Å². The number of aromatic hydroxyl groups is 1. The molecule has 0 spiro atoms. The number of nitriles is 1. The van der Waals surface area contributed by atoms with Crippen LogP contribution >= 0.6 is 0 Å². The zero-order valence-corrected chi connectivity index (χ0v) is 12.9. The fourth-order valence-electron chi connectivity index (χ4n) is 1.92. The molecule has 3 aromatic rings. The highest BCUT2D eigenvalue weighted by atomic mass is 16.6. The Morgan fingerprint density at radius 3 is 1.84 bits per heavy atom. The van der Waals surface area contributed by atoms with Crippen molar-refractivity contribution in [2.45, 2.75) is 0 Å². The fourth-order valence-corrected chi connectivity index (χ4v) is 1.92. The second-order valence-corrected chi connectivity index (χ2v) is 4.91. The van der Waals surface area contributed by atoms with Gasteiger partial charge < -0.3 is 10.3 Å². The molecule has 7 heteroatoms. The Balaban J connectivity index is 0.000000212. The monoisotopic (exact) mass is 335 g/mol. The number of hydrogen-bond acceptors (Lipinski definition) is 5. The molecule has 0 aliphatic rings. The molecule has 0 atom stereocenters. The number of rotatable bonds is 2. The van der Waals surface area contributed by atoms with Crippen LogP contribution in [0.1, 0.15) is 5.56 Å². The molecule has 0 amide bonds. The van der Waals surface area contributed by atoms with Crippen molar-refractivity contribution in [2.75, 3.05) is 0 Å². The van der Waals surface area contributed by atoms with E-state index < -0.39 is 4.92 Å². The predicted octanol–water partition coefficient (Wildman–Crippen LogP) is 3.16. The lowest BCUT2D eigenvalue weighted by molar-refractivity contribution is -0.605. The Hall–Kier alpha value is -3.92. The first-order chi connectivity index (χ1) is 12.0. The topological polar surface area (TPSA) is 114 Å². The summed E-state index contributed by atoms with van der Waals surface area (Å²) in [7, 11) is 0. The third kappa shape index (κ3) is 5.04. The SMILES string of the molecule is N#Cc1cc[n+]([O-])cc1.O=[N+]([O-])c1ccc(-c2ccc(O)cc2)cc1. The average Bonchev–Trinajstić information content (AvgIpc) is 2.64. The van der Waals surface area contributed by atoms with Gasteiger partial charge in [-0.15, -0.1) is 0 Å². The number of aromatic nitrogens is 1. The maximum Gasteiger partial charge on any atom is 0.269 e. The van der Waals surface area contributed by atoms with E-state index in [9.17, 15) is 15.3 Å². The Kier molecular flexibility index (Phi) is 5.63. The molecule has 1 N–H and O–H groups in total. The maximum atomic E-state index is 10.5. The van der Waals surface area contributed by atoms with Crippen LogP contribution in [-0.2, 0) is 0 Å². The van der Waals surface area contributed by atoms with Gasteiger partial charge >= 0.3 is 0 Å². The van der Waals surface area contributed by atoms with Gasteiger partial charge in [0.2, 0.25) is 0 Å². The first-order valence-electron chi connectivity index (χ1n) is 7.12. The molecule has 1 heterocycles. The second kappa shape index (κ2) is 8.08. The quantitative estimate of drug-likeness (QED) is 0.334. The van der Waals surface area contributed by atoms with Gasteiger partial charge in [0.1, 0.15) is 5.75 Å². The van der Waals surface area contributed by atoms with Crippen LogP contribution in [0.3, 0.4) is 0 Å². The van der Waals surface area contributed by atoms with Gasteiger partial charge in [-0.05, 0) is 35.4 Å². The van der Waals surface area contributed by atoms with Crippen LogP contribution in [0.4, 0.5) is 5.69 Å². The minimum absolute atomic E-state index is 0.0718. The minimum atomic E-state index is -0.430. The van der Waals surface area contributed by atoms with Crippen molar-refractivity contribution in [3.05, 3.63) is 93.9 Å². The smallest absolute Gasteiger partial charge is 0.269 e. The molecule has 0 aliphatic heterocycles. The van der Waals surface area contributed by atoms with Crippen molar-refractivity contribution >= 4 is 5.69 Å². The van der Waals surface area contributed by atoms with E-state index in [1.807, 2.05) is 6.07 Å². The van der Waals surface area contributed by atoms with Crippen LogP contribution in [-0.4, -0.2) is 10.0 Å². The van der Waals surface area contributed by atoms with Gasteiger partial charge in [0, 0.05) is 24.3 Å². The van der Waals surface area contributed by atoms with Gasteiger partial charge in [0.25, 0.3) is 5.69 Å². The Bertz CT molecular complexity index is 884. The highest BCUT2D eigenvalue weighted by molar-refractivity contribution is 5.65. The summed E-state index contributed by atoms with van der Waals surface area (Å²) in [6.45, 7) is 0. The Morgan fingerprint density at radius 2 is 1.40 bits per heavy atom. The standard InChI is InChI=1S/C12H9NO3.C6H4N2O/c14-12-7-3-10(4-8-12)9-1-5-11(6-2-9)13(15)16;7-5-6-1-3-8(9)4-2-6/h1-8,14H;1-4H. The summed E-state index contributed by atoms with van der Waals surface area (Å²) in [6, 6.07) is 17.8. The molecule has 2 aromatic carbocycles. The number of non-ortho nitro benzene ring substituents is 1. The summed E-state index contributed by atoms with van der Waals surface area (Å²) in [5.41, 5.74) is 2.36. The summed E-state index contributed by atoms with van der Waals surface area (Å²) in [5.74, 6) is 0.200. The number of hydrogen-bond donors (Lipinski definition) is 1. The Morgan fingerprint density at radius 1 is 0.920 bits per heavy atom. The van der Waals surface area contributed by atoms with Crippen molar-refractivity contribution in [1.82, 2.24) is 0 Å². The largest absolute Gasteiger partial charge is 0.619 e. The molecule has 0 radical (unpaired) electrons. The molecule has 25 heavy (non-hydrogen) atoms. The van der Waals surface area contributed by atoms with Crippen molar-refractivity contribution in [3.63, 3.8) is 0 Å². The first-order valence-corrected chi connectivity index (χ1v) is 7.12. The van der Waals surface area contributed by atoms with Gasteiger partial charge in [-0.25, -0.2) is 0 Å². The van der Waals surface area contributed by atoms with E-state index in [-0.39, 0.29) is 11.4 Å². The molecule has 0 aliphatic carbocycles. The lowest BCUT2D eigenvalue weighted by Gasteiger charge is -2.01. The molecular formula is C18H13N3O4. The third-order valence-electron chi connectivity index (χ3n) is 3.21. The van der Waals surface area contributed by atoms with Crippen LogP contribution in [0.5, 0.6) is 5.75 Å². The highest BCUT2D eigenvalue weighted by Gasteiger charge is 2.04. The number of phenols is 1. The summed E-state index contributed by atoms with van der Waals surface area (Å²) >= 11 is 0.